The summed E-state index contributed by atoms with van der Waals surface area (Å²) in [6.45, 7) is -0.468. The standard InChI is InChI=1S/C7H7FNO.C2H5FNO.2CH4.2Y/c8-7-3-1-6(2-4-7)5-10-9;3-1-2-5-4;;;;/h1-4,9H,5H2;4H,1-2H2;2*1H4;;/q2*-1;;;;/i8-1;3-1;;;;. The molecule has 0 aliphatic carbocycles. The number of rotatable bonds is 4. The minimum absolute atomic E-state index is 0. The third-order valence-electron chi connectivity index (χ3n) is 1.33. The van der Waals surface area contributed by atoms with Crippen molar-refractivity contribution in [2.24, 2.45) is 0 Å². The summed E-state index contributed by atoms with van der Waals surface area (Å²) in [6, 6.07) is 5.86. The van der Waals surface area contributed by atoms with Crippen LogP contribution in [-0.2, 0) is 81.7 Å². The van der Waals surface area contributed by atoms with Crippen LogP contribution in [0, 0.1) is 5.82 Å². The Morgan fingerprint density at radius 2 is 1.42 bits per heavy atom. The molecule has 108 valence electrons. The summed E-state index contributed by atoms with van der Waals surface area (Å²) in [5, 5.41) is 0. The van der Waals surface area contributed by atoms with Gasteiger partial charge in [0.25, 0.3) is 0 Å². The predicted octanol–water partition coefficient (Wildman–Crippen LogP) is 4.52. The van der Waals surface area contributed by atoms with E-state index in [1.54, 1.807) is 12.1 Å². The minimum Gasteiger partial charge on any atom is -0.549 e. The summed E-state index contributed by atoms with van der Waals surface area (Å²) < 4.78 is 23.0. The molecule has 0 bridgehead atoms. The predicted molar refractivity (Wildman–Crippen MR) is 65.2 cm³/mol. The van der Waals surface area contributed by atoms with Crippen molar-refractivity contribution in [3.63, 3.8) is 0 Å². The SMILES string of the molecule is C.C.[NH-]OCC[18F].[NH-]OCc1ccc([18F])cc1.[Y].[Y]. The van der Waals surface area contributed by atoms with Crippen molar-refractivity contribution in [3.8, 4) is 0 Å². The van der Waals surface area contributed by atoms with Crippen molar-refractivity contribution in [1.29, 1.82) is 0 Å². The molecule has 0 saturated carbocycles. The number of nitrogens with one attached hydrogen (secondary N) is 2. The third-order valence-corrected chi connectivity index (χ3v) is 1.33. The number of benzene rings is 1. The van der Waals surface area contributed by atoms with E-state index in [1.807, 2.05) is 0 Å². The van der Waals surface area contributed by atoms with Gasteiger partial charge in [0.15, 0.2) is 0 Å². The minimum atomic E-state index is -0.566. The molecule has 2 N–H and O–H groups in total. The van der Waals surface area contributed by atoms with E-state index >= 15 is 0 Å². The average Bonchev–Trinajstić information content (AvgIpc) is 2.24. The Hall–Kier alpha value is 1.13. The van der Waals surface area contributed by atoms with Gasteiger partial charge < -0.3 is 21.5 Å². The Bertz CT molecular complexity index is 253. The van der Waals surface area contributed by atoms with E-state index in [0.29, 0.717) is 0 Å². The van der Waals surface area contributed by atoms with E-state index in [1.165, 1.54) is 12.1 Å². The molecule has 0 atom stereocenters. The molecule has 1 aromatic carbocycles. The van der Waals surface area contributed by atoms with Crippen LogP contribution in [0.25, 0.3) is 11.8 Å². The van der Waals surface area contributed by atoms with E-state index in [2.05, 4.69) is 9.68 Å². The molecule has 1 aromatic rings. The summed E-state index contributed by atoms with van der Waals surface area (Å²) >= 11 is 0. The van der Waals surface area contributed by atoms with Crippen LogP contribution in [-0.4, -0.2) is 13.3 Å². The van der Waals surface area contributed by atoms with E-state index in [-0.39, 0.29) is 99.3 Å². The molecule has 0 unspecified atom stereocenters. The number of hydrogen-bond acceptors (Lipinski definition) is 2. The normalized spacial score (nSPS) is 7.37. The van der Waals surface area contributed by atoms with Gasteiger partial charge >= 0.3 is 0 Å². The maximum absolute atomic E-state index is 12.2. The Labute approximate surface area is 164 Å². The number of halogens is 2. The molecule has 0 spiro atoms. The fraction of sp³-hybridized carbons (Fsp3) is 0.455. The van der Waals surface area contributed by atoms with Crippen molar-refractivity contribution in [1.82, 2.24) is 0 Å². The molecule has 8 heteroatoms. The van der Waals surface area contributed by atoms with Crippen molar-refractivity contribution in [2.45, 2.75) is 21.5 Å². The van der Waals surface area contributed by atoms with Crippen molar-refractivity contribution < 1.29 is 83.9 Å². The summed E-state index contributed by atoms with van der Waals surface area (Å²) in [4.78, 5) is 7.66. The van der Waals surface area contributed by atoms with Gasteiger partial charge in [0.05, 0.1) is 13.2 Å². The van der Waals surface area contributed by atoms with E-state index in [4.69, 9.17) is 11.8 Å². The third kappa shape index (κ3) is 21.6. The molecule has 19 heavy (non-hydrogen) atoms. The first kappa shape index (κ1) is 32.2. The number of alkyl halides is 1. The Kier molecular flexibility index (Phi) is 40.9. The van der Waals surface area contributed by atoms with Crippen LogP contribution in [0.15, 0.2) is 24.3 Å². The van der Waals surface area contributed by atoms with Crippen LogP contribution in [0.3, 0.4) is 0 Å². The van der Waals surface area contributed by atoms with Gasteiger partial charge in [0, 0.05) is 65.4 Å². The topological polar surface area (TPSA) is 66.1 Å². The fourth-order valence-electron chi connectivity index (χ4n) is 0.703. The molecule has 0 fully saturated rings. The molecule has 0 amide bonds. The van der Waals surface area contributed by atoms with Crippen LogP contribution < -0.4 is 0 Å². The van der Waals surface area contributed by atoms with Crippen molar-refractivity contribution in [2.75, 3.05) is 13.3 Å². The van der Waals surface area contributed by atoms with Gasteiger partial charge in [-0.3, -0.25) is 0 Å². The van der Waals surface area contributed by atoms with E-state index in [0.717, 1.165) is 5.56 Å². The maximum atomic E-state index is 12.2. The van der Waals surface area contributed by atoms with Crippen molar-refractivity contribution >= 4 is 0 Å². The Morgan fingerprint density at radius 3 is 1.68 bits per heavy atom. The van der Waals surface area contributed by atoms with Gasteiger partial charge in [-0.1, -0.05) is 27.0 Å². The molecule has 0 aliphatic rings. The molecule has 0 aliphatic heterocycles. The zero-order valence-corrected chi connectivity index (χ0v) is 14.8. The van der Waals surface area contributed by atoms with Gasteiger partial charge in [0.2, 0.25) is 0 Å². The van der Waals surface area contributed by atoms with Gasteiger partial charge in [-0.2, -0.15) is 0 Å². The van der Waals surface area contributed by atoms with Crippen LogP contribution in [0.4, 0.5) is 8.78 Å². The van der Waals surface area contributed by atoms with Crippen LogP contribution in [0.1, 0.15) is 20.4 Å². The molecular weight excluding hydrogens is 406 g/mol. The fourth-order valence-corrected chi connectivity index (χ4v) is 0.703. The first-order valence-electron chi connectivity index (χ1n) is 4.12. The maximum Gasteiger partial charge on any atom is 0.123 e. The average molecular weight is 426 g/mol. The zero-order valence-electron chi connectivity index (χ0n) is 9.16. The van der Waals surface area contributed by atoms with E-state index < -0.39 is 6.67 Å². The molecule has 0 aromatic heterocycles. The van der Waals surface area contributed by atoms with Crippen LogP contribution in [0.2, 0.25) is 0 Å². The first-order valence-corrected chi connectivity index (χ1v) is 4.12. The summed E-state index contributed by atoms with van der Waals surface area (Å²) in [5.74, 6) is 12.0. The second-order valence-corrected chi connectivity index (χ2v) is 2.45. The second-order valence-electron chi connectivity index (χ2n) is 2.45. The molecule has 2 radical (unpaired) electrons. The van der Waals surface area contributed by atoms with Crippen LogP contribution >= 0.6 is 0 Å². The first-order chi connectivity index (χ1) is 7.24. The second kappa shape index (κ2) is 24.2. The molecule has 1 rings (SSSR count). The Morgan fingerprint density at radius 1 is 0.947 bits per heavy atom. The molecule has 0 heterocycles. The summed E-state index contributed by atoms with van der Waals surface area (Å²) in [5.41, 5.74) is 0.802. The van der Waals surface area contributed by atoms with Gasteiger partial charge in [-0.05, 0) is 17.7 Å². The summed E-state index contributed by atoms with van der Waals surface area (Å²) in [7, 11) is 0. The number of hydrogen-bond donors (Lipinski definition) is 0. The molecule has 0 saturated heterocycles. The molecule has 4 nitrogen and oxygen atoms in total. The van der Waals surface area contributed by atoms with Crippen LogP contribution in [0.5, 0.6) is 0 Å². The summed E-state index contributed by atoms with van der Waals surface area (Å²) in [6.07, 6.45) is 0. The molecular formula is C11H20F2N2O2Y2-2. The Balaban J connectivity index is -0.0000000652. The monoisotopic (exact) mass is 426 g/mol. The smallest absolute Gasteiger partial charge is 0.123 e. The van der Waals surface area contributed by atoms with Gasteiger partial charge in [0.1, 0.15) is 12.5 Å². The van der Waals surface area contributed by atoms with Gasteiger partial charge in [-0.25, -0.2) is 8.78 Å². The van der Waals surface area contributed by atoms with E-state index in [9.17, 15) is 8.78 Å². The van der Waals surface area contributed by atoms with Crippen molar-refractivity contribution in [3.05, 3.63) is 47.4 Å². The van der Waals surface area contributed by atoms with Gasteiger partial charge in [-0.15, -0.1) is 0 Å². The largest absolute Gasteiger partial charge is 0.549 e. The quantitative estimate of drug-likeness (QED) is 0.665. The zero-order chi connectivity index (χ0) is 11.5.